The van der Waals surface area contributed by atoms with Crippen LogP contribution in [0.2, 0.25) is 0 Å². The molecular weight excluding hydrogens is 248 g/mol. The Balaban J connectivity index is 1.88. The van der Waals surface area contributed by atoms with Crippen molar-refractivity contribution >= 4 is 5.82 Å². The highest BCUT2D eigenvalue weighted by Crippen LogP contribution is 2.38. The van der Waals surface area contributed by atoms with Crippen molar-refractivity contribution in [2.24, 2.45) is 0 Å². The molecule has 1 saturated carbocycles. The maximum Gasteiger partial charge on any atom is 0.134 e. The number of rotatable bonds is 4. The van der Waals surface area contributed by atoms with Crippen LogP contribution < -0.4 is 5.73 Å². The number of nitrogens with two attached hydrogens (primary N) is 1. The van der Waals surface area contributed by atoms with Gasteiger partial charge in [-0.2, -0.15) is 0 Å². The largest absolute Gasteiger partial charge is 0.383 e. The second kappa shape index (κ2) is 5.19. The van der Waals surface area contributed by atoms with Crippen molar-refractivity contribution in [2.45, 2.75) is 45.4 Å². The van der Waals surface area contributed by atoms with E-state index in [1.165, 1.54) is 18.4 Å². The fraction of sp³-hybridized carbons (Fsp3) is 0.438. The van der Waals surface area contributed by atoms with E-state index < -0.39 is 0 Å². The van der Waals surface area contributed by atoms with Crippen molar-refractivity contribution in [3.63, 3.8) is 0 Å². The molecule has 0 amide bonds. The van der Waals surface area contributed by atoms with Gasteiger partial charge in [0, 0.05) is 29.8 Å². The van der Waals surface area contributed by atoms with Crippen molar-refractivity contribution in [3.05, 3.63) is 46.7 Å². The molecule has 3 rings (SSSR count). The number of pyridine rings is 1. The number of aryl methyl sites for hydroxylation is 1. The topological polar surface area (TPSA) is 64.7 Å². The third-order valence-corrected chi connectivity index (χ3v) is 3.89. The second-order valence-corrected chi connectivity index (χ2v) is 5.50. The van der Waals surface area contributed by atoms with E-state index in [9.17, 15) is 0 Å². The molecular formula is C16H20N4. The zero-order chi connectivity index (χ0) is 14.1. The van der Waals surface area contributed by atoms with E-state index in [-0.39, 0.29) is 0 Å². The van der Waals surface area contributed by atoms with Crippen LogP contribution in [0.15, 0.2) is 18.3 Å². The second-order valence-electron chi connectivity index (χ2n) is 5.50. The monoisotopic (exact) mass is 268 g/mol. The Bertz CT molecular complexity index is 615. The summed E-state index contributed by atoms with van der Waals surface area (Å²) in [6.07, 6.45) is 6.05. The molecule has 1 aliphatic rings. The van der Waals surface area contributed by atoms with E-state index in [4.69, 9.17) is 10.7 Å². The summed E-state index contributed by atoms with van der Waals surface area (Å²) in [7, 11) is 0. The van der Waals surface area contributed by atoms with Crippen LogP contribution in [0.4, 0.5) is 5.82 Å². The number of aromatic nitrogens is 3. The molecule has 2 aromatic heterocycles. The van der Waals surface area contributed by atoms with Gasteiger partial charge in [0.05, 0.1) is 5.69 Å². The van der Waals surface area contributed by atoms with Crippen LogP contribution >= 0.6 is 0 Å². The number of hydrogen-bond donors (Lipinski definition) is 1. The first kappa shape index (κ1) is 13.0. The minimum atomic E-state index is 0.520. The smallest absolute Gasteiger partial charge is 0.134 e. The first-order valence-electron chi connectivity index (χ1n) is 7.24. The summed E-state index contributed by atoms with van der Waals surface area (Å²) in [4.78, 5) is 13.6. The Kier molecular flexibility index (Phi) is 3.38. The van der Waals surface area contributed by atoms with Gasteiger partial charge in [0.15, 0.2) is 0 Å². The summed E-state index contributed by atoms with van der Waals surface area (Å²) >= 11 is 0. The van der Waals surface area contributed by atoms with Crippen molar-refractivity contribution < 1.29 is 0 Å². The molecule has 0 unspecified atom stereocenters. The lowest BCUT2D eigenvalue weighted by molar-refractivity contribution is 0.869. The SMILES string of the molecule is CCc1ccc(Cc2nc(C3CC3)nc(N)c2C)nc1. The number of hydrogen-bond acceptors (Lipinski definition) is 4. The van der Waals surface area contributed by atoms with Gasteiger partial charge in [-0.25, -0.2) is 9.97 Å². The third kappa shape index (κ3) is 2.64. The molecule has 104 valence electrons. The van der Waals surface area contributed by atoms with Crippen molar-refractivity contribution in [1.82, 2.24) is 15.0 Å². The van der Waals surface area contributed by atoms with Crippen LogP contribution in [-0.4, -0.2) is 15.0 Å². The summed E-state index contributed by atoms with van der Waals surface area (Å²) in [6, 6.07) is 4.21. The predicted octanol–water partition coefficient (Wildman–Crippen LogP) is 2.79. The highest BCUT2D eigenvalue weighted by molar-refractivity contribution is 5.43. The van der Waals surface area contributed by atoms with Gasteiger partial charge in [0.1, 0.15) is 11.6 Å². The van der Waals surface area contributed by atoms with Crippen LogP contribution in [0.25, 0.3) is 0 Å². The van der Waals surface area contributed by atoms with Crippen LogP contribution in [-0.2, 0) is 12.8 Å². The number of anilines is 1. The molecule has 0 bridgehead atoms. The molecule has 4 nitrogen and oxygen atoms in total. The average Bonchev–Trinajstić information content (AvgIpc) is 3.29. The Morgan fingerprint density at radius 1 is 1.25 bits per heavy atom. The minimum absolute atomic E-state index is 0.520. The first-order chi connectivity index (χ1) is 9.67. The van der Waals surface area contributed by atoms with Gasteiger partial charge in [0.2, 0.25) is 0 Å². The van der Waals surface area contributed by atoms with E-state index in [1.54, 1.807) is 0 Å². The van der Waals surface area contributed by atoms with Gasteiger partial charge in [-0.1, -0.05) is 13.0 Å². The maximum atomic E-state index is 6.01. The zero-order valence-electron chi connectivity index (χ0n) is 12.1. The summed E-state index contributed by atoms with van der Waals surface area (Å²) in [5.74, 6) is 2.04. The summed E-state index contributed by atoms with van der Waals surface area (Å²) < 4.78 is 0. The van der Waals surface area contributed by atoms with Gasteiger partial charge in [0.25, 0.3) is 0 Å². The standard InChI is InChI=1S/C16H20N4/c1-3-11-4-7-13(18-9-11)8-14-10(2)15(17)20-16(19-14)12-5-6-12/h4,7,9,12H,3,5-6,8H2,1-2H3,(H2,17,19,20). The van der Waals surface area contributed by atoms with Crippen LogP contribution in [0, 0.1) is 6.92 Å². The molecule has 0 aromatic carbocycles. The molecule has 0 spiro atoms. The number of nitrogen functional groups attached to an aromatic ring is 1. The Morgan fingerprint density at radius 3 is 2.65 bits per heavy atom. The first-order valence-corrected chi connectivity index (χ1v) is 7.24. The lowest BCUT2D eigenvalue weighted by atomic mass is 10.1. The van der Waals surface area contributed by atoms with Crippen LogP contribution in [0.5, 0.6) is 0 Å². The molecule has 0 saturated heterocycles. The van der Waals surface area contributed by atoms with Gasteiger partial charge >= 0.3 is 0 Å². The molecule has 0 atom stereocenters. The van der Waals surface area contributed by atoms with E-state index in [2.05, 4.69) is 29.0 Å². The number of nitrogens with zero attached hydrogens (tertiary/aromatic N) is 3. The molecule has 4 heteroatoms. The van der Waals surface area contributed by atoms with Gasteiger partial charge < -0.3 is 5.73 Å². The van der Waals surface area contributed by atoms with Gasteiger partial charge in [-0.3, -0.25) is 4.98 Å². The summed E-state index contributed by atoms with van der Waals surface area (Å²) in [5, 5.41) is 0. The summed E-state index contributed by atoms with van der Waals surface area (Å²) in [5.41, 5.74) is 10.3. The molecule has 1 aliphatic carbocycles. The summed E-state index contributed by atoms with van der Waals surface area (Å²) in [6.45, 7) is 4.12. The van der Waals surface area contributed by atoms with Crippen molar-refractivity contribution in [3.8, 4) is 0 Å². The minimum Gasteiger partial charge on any atom is -0.383 e. The third-order valence-electron chi connectivity index (χ3n) is 3.89. The van der Waals surface area contributed by atoms with E-state index in [0.717, 1.165) is 35.6 Å². The Hall–Kier alpha value is -1.97. The zero-order valence-corrected chi connectivity index (χ0v) is 12.1. The molecule has 2 heterocycles. The molecule has 20 heavy (non-hydrogen) atoms. The molecule has 2 aromatic rings. The molecule has 1 fully saturated rings. The average molecular weight is 268 g/mol. The van der Waals surface area contributed by atoms with Gasteiger partial charge in [-0.15, -0.1) is 0 Å². The van der Waals surface area contributed by atoms with E-state index in [1.807, 2.05) is 13.1 Å². The predicted molar refractivity (Wildman–Crippen MR) is 79.6 cm³/mol. The molecule has 2 N–H and O–H groups in total. The lowest BCUT2D eigenvalue weighted by Crippen LogP contribution is -2.08. The quantitative estimate of drug-likeness (QED) is 0.926. The fourth-order valence-corrected chi connectivity index (χ4v) is 2.24. The highest BCUT2D eigenvalue weighted by atomic mass is 15.0. The van der Waals surface area contributed by atoms with Crippen LogP contribution in [0.3, 0.4) is 0 Å². The normalized spacial score (nSPS) is 14.5. The van der Waals surface area contributed by atoms with Crippen molar-refractivity contribution in [2.75, 3.05) is 5.73 Å². The molecule has 0 radical (unpaired) electrons. The lowest BCUT2D eigenvalue weighted by Gasteiger charge is -2.09. The Labute approximate surface area is 119 Å². The maximum absolute atomic E-state index is 6.01. The van der Waals surface area contributed by atoms with Crippen LogP contribution in [0.1, 0.15) is 54.0 Å². The molecule has 0 aliphatic heterocycles. The Morgan fingerprint density at radius 2 is 2.05 bits per heavy atom. The fourth-order valence-electron chi connectivity index (χ4n) is 2.24. The van der Waals surface area contributed by atoms with Gasteiger partial charge in [-0.05, 0) is 37.8 Å². The van der Waals surface area contributed by atoms with E-state index >= 15 is 0 Å². The van der Waals surface area contributed by atoms with E-state index in [0.29, 0.717) is 11.7 Å². The van der Waals surface area contributed by atoms with Crippen molar-refractivity contribution in [1.29, 1.82) is 0 Å². The highest BCUT2D eigenvalue weighted by Gasteiger charge is 2.27.